The van der Waals surface area contributed by atoms with E-state index in [0.717, 1.165) is 23.0 Å². The molecule has 1 aromatic carbocycles. The summed E-state index contributed by atoms with van der Waals surface area (Å²) in [7, 11) is 1.37. The average Bonchev–Trinajstić information content (AvgIpc) is 2.81. The van der Waals surface area contributed by atoms with Gasteiger partial charge in [0.25, 0.3) is 0 Å². The van der Waals surface area contributed by atoms with Crippen LogP contribution in [-0.2, 0) is 11.2 Å². The maximum Gasteiger partial charge on any atom is 0.338 e. The predicted molar refractivity (Wildman–Crippen MR) is 76.7 cm³/mol. The number of aromatic amines is 1. The van der Waals surface area contributed by atoms with Crippen LogP contribution in [0.25, 0.3) is 10.9 Å². The minimum atomic E-state index is -0.353. The number of nitrogens with zero attached hydrogens (tertiary/aromatic N) is 1. The molecule has 0 radical (unpaired) electrons. The summed E-state index contributed by atoms with van der Waals surface area (Å²) in [5, 5.41) is 7.97. The summed E-state index contributed by atoms with van der Waals surface area (Å²) < 4.78 is 4.79. The van der Waals surface area contributed by atoms with Crippen LogP contribution in [0.1, 0.15) is 29.4 Å². The Bertz CT molecular complexity index is 568. The number of halogens is 1. The summed E-state index contributed by atoms with van der Waals surface area (Å²) in [4.78, 5) is 11.7. The molecule has 1 atom stereocenters. The number of benzene rings is 1. The molecule has 0 aliphatic carbocycles. The molecule has 3 N–H and O–H groups in total. The lowest BCUT2D eigenvalue weighted by Gasteiger charge is -2.08. The lowest BCUT2D eigenvalue weighted by atomic mass is 10.0. The number of methoxy groups -OCH3 is 1. The Kier molecular flexibility index (Phi) is 5.32. The maximum absolute atomic E-state index is 11.7. The van der Waals surface area contributed by atoms with E-state index >= 15 is 0 Å². The van der Waals surface area contributed by atoms with Crippen LogP contribution in [0.4, 0.5) is 0 Å². The molecule has 1 heterocycles. The van der Waals surface area contributed by atoms with Crippen LogP contribution in [0, 0.1) is 0 Å². The second kappa shape index (κ2) is 6.54. The molecular weight excluding hydrogens is 266 g/mol. The summed E-state index contributed by atoms with van der Waals surface area (Å²) in [6.07, 6.45) is 1.54. The lowest BCUT2D eigenvalue weighted by molar-refractivity contribution is 0.0603. The van der Waals surface area contributed by atoms with Crippen molar-refractivity contribution in [3.05, 3.63) is 29.5 Å². The van der Waals surface area contributed by atoms with E-state index in [1.54, 1.807) is 12.1 Å². The Hall–Kier alpha value is -1.59. The first-order valence-electron chi connectivity index (χ1n) is 5.97. The number of hydrogen-bond acceptors (Lipinski definition) is 4. The first kappa shape index (κ1) is 15.5. The van der Waals surface area contributed by atoms with Gasteiger partial charge in [0.15, 0.2) is 0 Å². The first-order chi connectivity index (χ1) is 8.67. The van der Waals surface area contributed by atoms with E-state index in [4.69, 9.17) is 10.5 Å². The average molecular weight is 284 g/mol. The topological polar surface area (TPSA) is 81.0 Å². The minimum Gasteiger partial charge on any atom is -0.465 e. The smallest absolute Gasteiger partial charge is 0.338 e. The Labute approximate surface area is 117 Å². The van der Waals surface area contributed by atoms with E-state index < -0.39 is 0 Å². The molecule has 19 heavy (non-hydrogen) atoms. The number of fused-ring (bicyclic) bond motifs is 1. The standard InChI is InChI=1S/C13H17N3O2.ClH/c1-3-8(14)7-11-12-9(13(17)18-2)5-4-6-10(12)15-16-11;/h4-6,8H,3,7,14H2,1-2H3,(H,15,16);1H. The molecule has 0 saturated carbocycles. The van der Waals surface area contributed by atoms with Crippen molar-refractivity contribution in [1.29, 1.82) is 0 Å². The van der Waals surface area contributed by atoms with Gasteiger partial charge in [-0.2, -0.15) is 5.10 Å². The molecule has 2 rings (SSSR count). The Morgan fingerprint density at radius 3 is 2.89 bits per heavy atom. The molecule has 1 aromatic heterocycles. The zero-order chi connectivity index (χ0) is 13.1. The first-order valence-corrected chi connectivity index (χ1v) is 5.97. The van der Waals surface area contributed by atoms with Crippen molar-refractivity contribution in [3.8, 4) is 0 Å². The molecule has 0 saturated heterocycles. The van der Waals surface area contributed by atoms with E-state index in [9.17, 15) is 4.79 Å². The highest BCUT2D eigenvalue weighted by Gasteiger charge is 2.16. The van der Waals surface area contributed by atoms with Crippen LogP contribution in [0.5, 0.6) is 0 Å². The van der Waals surface area contributed by atoms with Gasteiger partial charge in [0.2, 0.25) is 0 Å². The van der Waals surface area contributed by atoms with Crippen molar-refractivity contribution >= 4 is 29.3 Å². The number of nitrogens with two attached hydrogens (primary N) is 1. The number of aromatic nitrogens is 2. The van der Waals surface area contributed by atoms with Gasteiger partial charge in [-0.15, -0.1) is 12.4 Å². The molecular formula is C13H18ClN3O2. The zero-order valence-electron chi connectivity index (χ0n) is 11.0. The zero-order valence-corrected chi connectivity index (χ0v) is 11.8. The third-order valence-corrected chi connectivity index (χ3v) is 3.05. The molecule has 1 unspecified atom stereocenters. The molecule has 2 aromatic rings. The summed E-state index contributed by atoms with van der Waals surface area (Å²) >= 11 is 0. The van der Waals surface area contributed by atoms with Gasteiger partial charge in [0, 0.05) is 23.5 Å². The molecule has 6 heteroatoms. The fraction of sp³-hybridized carbons (Fsp3) is 0.385. The minimum absolute atomic E-state index is 0. The summed E-state index contributed by atoms with van der Waals surface area (Å²) in [5.41, 5.74) is 8.13. The number of nitrogens with one attached hydrogen (secondary N) is 1. The van der Waals surface area contributed by atoms with Crippen LogP contribution < -0.4 is 5.73 Å². The second-order valence-corrected chi connectivity index (χ2v) is 4.27. The van der Waals surface area contributed by atoms with Crippen molar-refractivity contribution in [2.45, 2.75) is 25.8 Å². The van der Waals surface area contributed by atoms with Crippen molar-refractivity contribution in [3.63, 3.8) is 0 Å². The largest absolute Gasteiger partial charge is 0.465 e. The highest BCUT2D eigenvalue weighted by molar-refractivity contribution is 6.04. The molecule has 104 valence electrons. The van der Waals surface area contributed by atoms with E-state index in [1.165, 1.54) is 7.11 Å². The third-order valence-electron chi connectivity index (χ3n) is 3.05. The van der Waals surface area contributed by atoms with Crippen molar-refractivity contribution in [2.24, 2.45) is 5.73 Å². The van der Waals surface area contributed by atoms with Gasteiger partial charge in [-0.25, -0.2) is 4.79 Å². The quantitative estimate of drug-likeness (QED) is 0.842. The Balaban J connectivity index is 0.00000180. The number of carbonyl (C=O) groups is 1. The Morgan fingerprint density at radius 1 is 1.53 bits per heavy atom. The molecule has 0 fully saturated rings. The predicted octanol–water partition coefficient (Wildman–Crippen LogP) is 2.05. The van der Waals surface area contributed by atoms with Gasteiger partial charge in [-0.3, -0.25) is 5.10 Å². The van der Waals surface area contributed by atoms with Crippen LogP contribution in [0.3, 0.4) is 0 Å². The highest BCUT2D eigenvalue weighted by atomic mass is 35.5. The summed E-state index contributed by atoms with van der Waals surface area (Å²) in [6.45, 7) is 2.03. The SMILES string of the molecule is CCC(N)Cc1[nH]nc2cccc(C(=O)OC)c12.Cl. The number of rotatable bonds is 4. The number of esters is 1. The Morgan fingerprint density at radius 2 is 2.26 bits per heavy atom. The van der Waals surface area contributed by atoms with E-state index in [-0.39, 0.29) is 24.4 Å². The maximum atomic E-state index is 11.7. The van der Waals surface area contributed by atoms with Gasteiger partial charge in [-0.1, -0.05) is 13.0 Å². The van der Waals surface area contributed by atoms with E-state index in [1.807, 2.05) is 13.0 Å². The third kappa shape index (κ3) is 3.05. The number of H-pyrrole nitrogens is 1. The lowest BCUT2D eigenvalue weighted by Crippen LogP contribution is -2.21. The van der Waals surface area contributed by atoms with Crippen LogP contribution in [0.15, 0.2) is 18.2 Å². The van der Waals surface area contributed by atoms with Crippen molar-refractivity contribution in [2.75, 3.05) is 7.11 Å². The van der Waals surface area contributed by atoms with Crippen LogP contribution in [0.2, 0.25) is 0 Å². The summed E-state index contributed by atoms with van der Waals surface area (Å²) in [6, 6.07) is 5.45. The van der Waals surface area contributed by atoms with Gasteiger partial charge >= 0.3 is 5.97 Å². The van der Waals surface area contributed by atoms with Crippen LogP contribution in [-0.4, -0.2) is 29.3 Å². The van der Waals surface area contributed by atoms with Gasteiger partial charge < -0.3 is 10.5 Å². The van der Waals surface area contributed by atoms with Crippen molar-refractivity contribution < 1.29 is 9.53 Å². The molecule has 0 amide bonds. The van der Waals surface area contributed by atoms with Gasteiger partial charge in [0.05, 0.1) is 18.2 Å². The molecule has 0 spiro atoms. The molecule has 0 bridgehead atoms. The fourth-order valence-corrected chi connectivity index (χ4v) is 1.97. The van der Waals surface area contributed by atoms with Gasteiger partial charge in [-0.05, 0) is 18.6 Å². The second-order valence-electron chi connectivity index (χ2n) is 4.27. The molecule has 0 aliphatic rings. The fourth-order valence-electron chi connectivity index (χ4n) is 1.97. The highest BCUT2D eigenvalue weighted by Crippen LogP contribution is 2.22. The molecule has 5 nitrogen and oxygen atoms in total. The van der Waals surface area contributed by atoms with Crippen LogP contribution >= 0.6 is 12.4 Å². The molecule has 0 aliphatic heterocycles. The van der Waals surface area contributed by atoms with Crippen molar-refractivity contribution in [1.82, 2.24) is 10.2 Å². The number of carbonyl (C=O) groups excluding carboxylic acids is 1. The normalized spacial score (nSPS) is 11.9. The number of ether oxygens (including phenoxy) is 1. The number of hydrogen-bond donors (Lipinski definition) is 2. The van der Waals surface area contributed by atoms with Gasteiger partial charge in [0.1, 0.15) is 0 Å². The summed E-state index contributed by atoms with van der Waals surface area (Å²) in [5.74, 6) is -0.353. The van der Waals surface area contributed by atoms with E-state index in [0.29, 0.717) is 12.0 Å². The van der Waals surface area contributed by atoms with E-state index in [2.05, 4.69) is 10.2 Å². The monoisotopic (exact) mass is 283 g/mol.